The number of phenols is 1. The number of aromatic hydroxyl groups is 1. The van der Waals surface area contributed by atoms with Gasteiger partial charge < -0.3 is 14.9 Å². The molecule has 0 amide bonds. The van der Waals surface area contributed by atoms with Crippen molar-refractivity contribution in [1.29, 1.82) is 0 Å². The van der Waals surface area contributed by atoms with Gasteiger partial charge in [-0.3, -0.25) is 0 Å². The van der Waals surface area contributed by atoms with Crippen molar-refractivity contribution in [2.45, 2.75) is 32.6 Å². The van der Waals surface area contributed by atoms with Crippen LogP contribution in [0.3, 0.4) is 0 Å². The van der Waals surface area contributed by atoms with Crippen molar-refractivity contribution >= 4 is 28.6 Å². The number of carboxylic acid groups (broad SMARTS) is 1. The SMILES string of the molecule is CCC(C)(C)c1cc(OCC(=O)O)cc(-n2nc3ccc(Cl)cc3n2)c1O. The minimum Gasteiger partial charge on any atom is -0.505 e. The lowest BCUT2D eigenvalue weighted by atomic mass is 9.81. The summed E-state index contributed by atoms with van der Waals surface area (Å²) in [6.07, 6.45) is 0.756. The van der Waals surface area contributed by atoms with E-state index in [1.165, 1.54) is 10.9 Å². The van der Waals surface area contributed by atoms with Gasteiger partial charge in [0.15, 0.2) is 6.61 Å². The van der Waals surface area contributed by atoms with Gasteiger partial charge in [-0.25, -0.2) is 4.79 Å². The monoisotopic (exact) mass is 389 g/mol. The Hall–Kier alpha value is -2.80. The van der Waals surface area contributed by atoms with Crippen LogP contribution in [0, 0.1) is 0 Å². The summed E-state index contributed by atoms with van der Waals surface area (Å²) >= 11 is 6.00. The zero-order valence-corrected chi connectivity index (χ0v) is 16.0. The maximum absolute atomic E-state index is 10.9. The molecule has 0 spiro atoms. The average molecular weight is 390 g/mol. The van der Waals surface area contributed by atoms with E-state index >= 15 is 0 Å². The predicted octanol–water partition coefficient (Wildman–Crippen LogP) is 3.93. The first-order chi connectivity index (χ1) is 12.7. The van der Waals surface area contributed by atoms with E-state index in [1.54, 1.807) is 24.3 Å². The fourth-order valence-electron chi connectivity index (χ4n) is 2.68. The molecular weight excluding hydrogens is 370 g/mol. The minimum atomic E-state index is -1.08. The highest BCUT2D eigenvalue weighted by molar-refractivity contribution is 6.31. The molecule has 0 atom stereocenters. The standard InChI is InChI=1S/C19H20ClN3O4/c1-4-19(2,3)13-8-12(27-10-17(24)25)9-16(18(13)26)23-21-14-6-5-11(20)7-15(14)22-23/h5-9,26H,4,10H2,1-3H3,(H,24,25). The third-order valence-corrected chi connectivity index (χ3v) is 4.83. The van der Waals surface area contributed by atoms with Crippen LogP contribution in [-0.4, -0.2) is 37.8 Å². The third kappa shape index (κ3) is 3.83. The predicted molar refractivity (Wildman–Crippen MR) is 102 cm³/mol. The molecule has 27 heavy (non-hydrogen) atoms. The number of carboxylic acids is 1. The average Bonchev–Trinajstić information content (AvgIpc) is 3.03. The summed E-state index contributed by atoms with van der Waals surface area (Å²) in [4.78, 5) is 12.2. The number of rotatable bonds is 6. The molecule has 142 valence electrons. The Balaban J connectivity index is 2.18. The number of nitrogens with zero attached hydrogens (tertiary/aromatic N) is 3. The van der Waals surface area contributed by atoms with Gasteiger partial charge in [-0.2, -0.15) is 0 Å². The Kier molecular flexibility index (Phi) is 4.97. The van der Waals surface area contributed by atoms with Gasteiger partial charge in [-0.1, -0.05) is 32.4 Å². The molecule has 0 radical (unpaired) electrons. The molecule has 0 fully saturated rings. The highest BCUT2D eigenvalue weighted by Crippen LogP contribution is 2.40. The van der Waals surface area contributed by atoms with E-state index in [0.29, 0.717) is 33.1 Å². The normalized spacial score (nSPS) is 11.7. The Morgan fingerprint density at radius 2 is 1.93 bits per heavy atom. The Labute approximate surface area is 161 Å². The topological polar surface area (TPSA) is 97.5 Å². The second kappa shape index (κ2) is 7.08. The molecule has 2 N–H and O–H groups in total. The maximum atomic E-state index is 10.9. The summed E-state index contributed by atoms with van der Waals surface area (Å²) in [5.74, 6) is -0.740. The van der Waals surface area contributed by atoms with Crippen molar-refractivity contribution in [3.05, 3.63) is 40.9 Å². The van der Waals surface area contributed by atoms with Crippen molar-refractivity contribution < 1.29 is 19.7 Å². The third-order valence-electron chi connectivity index (χ3n) is 4.60. The molecule has 0 saturated heterocycles. The van der Waals surface area contributed by atoms with E-state index in [0.717, 1.165) is 6.42 Å². The Morgan fingerprint density at radius 1 is 1.22 bits per heavy atom. The van der Waals surface area contributed by atoms with Crippen LogP contribution < -0.4 is 4.74 Å². The van der Waals surface area contributed by atoms with Gasteiger partial charge in [0.05, 0.1) is 0 Å². The van der Waals surface area contributed by atoms with Crippen LogP contribution in [0.2, 0.25) is 5.02 Å². The molecule has 0 aliphatic carbocycles. The number of hydrogen-bond acceptors (Lipinski definition) is 5. The molecule has 8 heteroatoms. The number of phenolic OH excluding ortho intramolecular Hbond substituents is 1. The van der Waals surface area contributed by atoms with E-state index in [4.69, 9.17) is 21.4 Å². The summed E-state index contributed by atoms with van der Waals surface area (Å²) in [7, 11) is 0. The number of benzene rings is 2. The number of carbonyl (C=O) groups is 1. The number of fused-ring (bicyclic) bond motifs is 1. The van der Waals surface area contributed by atoms with Crippen molar-refractivity contribution in [2.24, 2.45) is 0 Å². The lowest BCUT2D eigenvalue weighted by molar-refractivity contribution is -0.139. The van der Waals surface area contributed by atoms with Gasteiger partial charge in [0, 0.05) is 16.7 Å². The highest BCUT2D eigenvalue weighted by Gasteiger charge is 2.26. The van der Waals surface area contributed by atoms with Gasteiger partial charge in [-0.15, -0.1) is 15.0 Å². The van der Waals surface area contributed by atoms with Gasteiger partial charge in [0.25, 0.3) is 0 Å². The molecule has 3 rings (SSSR count). The summed E-state index contributed by atoms with van der Waals surface area (Å²) in [6.45, 7) is 5.49. The fourth-order valence-corrected chi connectivity index (χ4v) is 2.84. The molecule has 1 heterocycles. The van der Waals surface area contributed by atoms with Crippen LogP contribution >= 0.6 is 11.6 Å². The van der Waals surface area contributed by atoms with Crippen molar-refractivity contribution in [2.75, 3.05) is 6.61 Å². The minimum absolute atomic E-state index is 0.0240. The zero-order chi connectivity index (χ0) is 19.8. The van der Waals surface area contributed by atoms with Gasteiger partial charge in [-0.05, 0) is 36.1 Å². The first-order valence-electron chi connectivity index (χ1n) is 8.46. The van der Waals surface area contributed by atoms with Crippen LogP contribution in [0.4, 0.5) is 0 Å². The van der Waals surface area contributed by atoms with E-state index in [1.807, 2.05) is 20.8 Å². The Morgan fingerprint density at radius 3 is 2.59 bits per heavy atom. The van der Waals surface area contributed by atoms with E-state index in [9.17, 15) is 9.90 Å². The van der Waals surface area contributed by atoms with Crippen molar-refractivity contribution in [3.8, 4) is 17.2 Å². The van der Waals surface area contributed by atoms with Gasteiger partial charge in [0.2, 0.25) is 0 Å². The highest BCUT2D eigenvalue weighted by atomic mass is 35.5. The van der Waals surface area contributed by atoms with Crippen molar-refractivity contribution in [3.63, 3.8) is 0 Å². The zero-order valence-electron chi connectivity index (χ0n) is 15.2. The lowest BCUT2D eigenvalue weighted by Crippen LogP contribution is -2.18. The van der Waals surface area contributed by atoms with E-state index < -0.39 is 12.6 Å². The molecule has 3 aromatic rings. The molecular formula is C19H20ClN3O4. The lowest BCUT2D eigenvalue weighted by Gasteiger charge is -2.26. The van der Waals surface area contributed by atoms with Crippen molar-refractivity contribution in [1.82, 2.24) is 15.0 Å². The molecule has 0 unspecified atom stereocenters. The molecule has 0 bridgehead atoms. The first kappa shape index (κ1) is 19.0. The van der Waals surface area contributed by atoms with Crippen LogP contribution in [0.25, 0.3) is 16.7 Å². The number of ether oxygens (including phenoxy) is 1. The molecule has 7 nitrogen and oxygen atoms in total. The van der Waals surface area contributed by atoms with Crippen LogP contribution in [0.15, 0.2) is 30.3 Å². The van der Waals surface area contributed by atoms with Gasteiger partial charge >= 0.3 is 5.97 Å². The molecule has 0 saturated carbocycles. The first-order valence-corrected chi connectivity index (χ1v) is 8.84. The fraction of sp³-hybridized carbons (Fsp3) is 0.316. The van der Waals surface area contributed by atoms with Crippen LogP contribution in [0.5, 0.6) is 11.5 Å². The molecule has 0 aliphatic rings. The number of hydrogen-bond donors (Lipinski definition) is 2. The maximum Gasteiger partial charge on any atom is 0.341 e. The Bertz CT molecular complexity index is 1010. The number of aliphatic carboxylic acids is 1. The van der Waals surface area contributed by atoms with Crippen LogP contribution in [-0.2, 0) is 10.2 Å². The summed E-state index contributed by atoms with van der Waals surface area (Å²) in [5.41, 5.74) is 1.77. The number of halogens is 1. The van der Waals surface area contributed by atoms with E-state index in [-0.39, 0.29) is 11.2 Å². The summed E-state index contributed by atoms with van der Waals surface area (Å²) in [5, 5.41) is 29.1. The number of aromatic nitrogens is 3. The second-order valence-corrected chi connectivity index (χ2v) is 7.32. The molecule has 1 aromatic heterocycles. The quantitative estimate of drug-likeness (QED) is 0.662. The smallest absolute Gasteiger partial charge is 0.341 e. The van der Waals surface area contributed by atoms with E-state index in [2.05, 4.69) is 10.2 Å². The summed E-state index contributed by atoms with van der Waals surface area (Å²) in [6, 6.07) is 8.30. The second-order valence-electron chi connectivity index (χ2n) is 6.88. The largest absolute Gasteiger partial charge is 0.505 e. The summed E-state index contributed by atoms with van der Waals surface area (Å²) < 4.78 is 5.36. The molecule has 0 aliphatic heterocycles. The molecule has 2 aromatic carbocycles. The van der Waals surface area contributed by atoms with Gasteiger partial charge in [0.1, 0.15) is 28.2 Å². The van der Waals surface area contributed by atoms with Crippen LogP contribution in [0.1, 0.15) is 32.8 Å².